The van der Waals surface area contributed by atoms with Crippen LogP contribution in [-0.2, 0) is 12.7 Å². The number of hydrogen-bond donors (Lipinski definition) is 2. The number of aliphatic imine (C=N–C) groups is 1. The number of allylic oxidation sites excluding steroid dienone is 1. The molecule has 0 saturated heterocycles. The fraction of sp³-hybridized carbons (Fsp3) is 0.231. The molecule has 1 amide bonds. The van der Waals surface area contributed by atoms with Crippen LogP contribution in [0.1, 0.15) is 40.5 Å². The maximum absolute atomic E-state index is 12.8. The van der Waals surface area contributed by atoms with Crippen LogP contribution in [0.2, 0.25) is 0 Å². The Kier molecular flexibility index (Phi) is 7.33. The van der Waals surface area contributed by atoms with Gasteiger partial charge in [-0.3, -0.25) is 14.8 Å². The minimum atomic E-state index is -4.51. The van der Waals surface area contributed by atoms with Gasteiger partial charge in [0.2, 0.25) is 0 Å². The van der Waals surface area contributed by atoms with Crippen molar-refractivity contribution in [2.45, 2.75) is 39.0 Å². The Morgan fingerprint density at radius 1 is 1.14 bits per heavy atom. The first-order chi connectivity index (χ1) is 17.2. The van der Waals surface area contributed by atoms with Gasteiger partial charge in [0.25, 0.3) is 5.91 Å². The molecule has 36 heavy (non-hydrogen) atoms. The van der Waals surface area contributed by atoms with Crippen molar-refractivity contribution < 1.29 is 22.7 Å². The van der Waals surface area contributed by atoms with Crippen LogP contribution in [0, 0.1) is 6.92 Å². The van der Waals surface area contributed by atoms with E-state index in [1.54, 1.807) is 49.7 Å². The van der Waals surface area contributed by atoms with Crippen molar-refractivity contribution >= 4 is 17.9 Å². The number of halogens is 3. The molecule has 0 radical (unpaired) electrons. The summed E-state index contributed by atoms with van der Waals surface area (Å²) in [6.07, 6.45) is 2.93. The van der Waals surface area contributed by atoms with E-state index in [0.717, 1.165) is 24.4 Å². The molecular formula is C26H24F3N5O2. The maximum atomic E-state index is 12.8. The molecule has 0 spiro atoms. The van der Waals surface area contributed by atoms with Crippen LogP contribution in [0.15, 0.2) is 71.6 Å². The lowest BCUT2D eigenvalue weighted by molar-refractivity contribution is -0.141. The second kappa shape index (κ2) is 10.6. The van der Waals surface area contributed by atoms with E-state index in [1.165, 1.54) is 6.07 Å². The number of aromatic nitrogens is 2. The van der Waals surface area contributed by atoms with Crippen LogP contribution in [0.4, 0.5) is 19.0 Å². The molecule has 1 unspecified atom stereocenters. The van der Waals surface area contributed by atoms with E-state index in [0.29, 0.717) is 34.0 Å². The predicted molar refractivity (Wildman–Crippen MR) is 130 cm³/mol. The predicted octanol–water partition coefficient (Wildman–Crippen LogP) is 5.68. The number of nitrogens with one attached hydrogen (secondary N) is 2. The summed E-state index contributed by atoms with van der Waals surface area (Å²) in [6, 6.07) is 10.9. The Labute approximate surface area is 206 Å². The molecule has 0 bridgehead atoms. The summed E-state index contributed by atoms with van der Waals surface area (Å²) in [5, 5.41) is 5.92. The SMILES string of the molecule is CCC1C=C(Nc2cc(Oc3cccc(C(=O)NCc4ccc(C(F)(F)F)nc4)c3C)ccn2)C=N1. The van der Waals surface area contributed by atoms with Crippen molar-refractivity contribution in [2.24, 2.45) is 4.99 Å². The zero-order valence-electron chi connectivity index (χ0n) is 19.6. The monoisotopic (exact) mass is 495 g/mol. The molecule has 0 aliphatic carbocycles. The number of carbonyl (C=O) groups is 1. The molecule has 3 aromatic rings. The van der Waals surface area contributed by atoms with Gasteiger partial charge >= 0.3 is 6.18 Å². The smallest absolute Gasteiger partial charge is 0.433 e. The van der Waals surface area contributed by atoms with Gasteiger partial charge in [-0.05, 0) is 49.2 Å². The minimum absolute atomic E-state index is 0.0337. The number of anilines is 1. The van der Waals surface area contributed by atoms with E-state index in [2.05, 4.69) is 32.5 Å². The Balaban J connectivity index is 1.41. The Hall–Kier alpha value is -4.21. The van der Waals surface area contributed by atoms with Gasteiger partial charge in [0, 0.05) is 42.3 Å². The van der Waals surface area contributed by atoms with E-state index in [9.17, 15) is 18.0 Å². The zero-order chi connectivity index (χ0) is 25.7. The van der Waals surface area contributed by atoms with Crippen molar-refractivity contribution in [3.8, 4) is 11.5 Å². The summed E-state index contributed by atoms with van der Waals surface area (Å²) in [6.45, 7) is 3.86. The number of ether oxygens (including phenoxy) is 1. The molecule has 4 rings (SSSR count). The van der Waals surface area contributed by atoms with Crippen molar-refractivity contribution in [1.82, 2.24) is 15.3 Å². The quantitative estimate of drug-likeness (QED) is 0.420. The molecule has 0 saturated carbocycles. The number of hydrogen-bond acceptors (Lipinski definition) is 6. The van der Waals surface area contributed by atoms with Gasteiger partial charge in [0.05, 0.1) is 11.7 Å². The second-order valence-corrected chi connectivity index (χ2v) is 8.14. The Morgan fingerprint density at radius 2 is 1.97 bits per heavy atom. The summed E-state index contributed by atoms with van der Waals surface area (Å²) in [4.78, 5) is 24.9. The fourth-order valence-electron chi connectivity index (χ4n) is 3.53. The largest absolute Gasteiger partial charge is 0.457 e. The van der Waals surface area contributed by atoms with E-state index >= 15 is 0 Å². The second-order valence-electron chi connectivity index (χ2n) is 8.14. The number of benzene rings is 1. The van der Waals surface area contributed by atoms with Crippen LogP contribution in [0.5, 0.6) is 11.5 Å². The molecule has 10 heteroatoms. The molecule has 1 aromatic carbocycles. The molecule has 7 nitrogen and oxygen atoms in total. The first-order valence-corrected chi connectivity index (χ1v) is 11.3. The fourth-order valence-corrected chi connectivity index (χ4v) is 3.53. The number of pyridine rings is 2. The van der Waals surface area contributed by atoms with Crippen LogP contribution < -0.4 is 15.4 Å². The maximum Gasteiger partial charge on any atom is 0.433 e. The van der Waals surface area contributed by atoms with E-state index < -0.39 is 11.9 Å². The molecule has 2 aromatic heterocycles. The lowest BCUT2D eigenvalue weighted by Gasteiger charge is -2.14. The third-order valence-electron chi connectivity index (χ3n) is 5.52. The van der Waals surface area contributed by atoms with Gasteiger partial charge in [-0.2, -0.15) is 13.2 Å². The molecule has 1 aliphatic heterocycles. The first kappa shape index (κ1) is 24.9. The third kappa shape index (κ3) is 6.07. The lowest BCUT2D eigenvalue weighted by Crippen LogP contribution is -2.24. The van der Waals surface area contributed by atoms with Crippen LogP contribution >= 0.6 is 0 Å². The average molecular weight is 496 g/mol. The van der Waals surface area contributed by atoms with E-state index in [-0.39, 0.29) is 18.5 Å². The molecule has 2 N–H and O–H groups in total. The third-order valence-corrected chi connectivity index (χ3v) is 5.52. The summed E-state index contributed by atoms with van der Waals surface area (Å²) in [7, 11) is 0. The lowest BCUT2D eigenvalue weighted by atomic mass is 10.1. The van der Waals surface area contributed by atoms with Crippen molar-refractivity contribution in [3.05, 3.63) is 89.0 Å². The van der Waals surface area contributed by atoms with Crippen molar-refractivity contribution in [3.63, 3.8) is 0 Å². The molecule has 1 atom stereocenters. The van der Waals surface area contributed by atoms with Crippen LogP contribution in [0.3, 0.4) is 0 Å². The Bertz CT molecular complexity index is 1300. The number of alkyl halides is 3. The van der Waals surface area contributed by atoms with Crippen LogP contribution in [0.25, 0.3) is 0 Å². The van der Waals surface area contributed by atoms with E-state index in [1.807, 2.05) is 6.08 Å². The molecule has 3 heterocycles. The normalized spacial score (nSPS) is 14.9. The van der Waals surface area contributed by atoms with Gasteiger partial charge in [-0.15, -0.1) is 0 Å². The summed E-state index contributed by atoms with van der Waals surface area (Å²) >= 11 is 0. The number of rotatable bonds is 8. The van der Waals surface area contributed by atoms with Gasteiger partial charge in [0.1, 0.15) is 23.0 Å². The summed E-state index contributed by atoms with van der Waals surface area (Å²) < 4.78 is 44.1. The number of nitrogens with zero attached hydrogens (tertiary/aromatic N) is 3. The highest BCUT2D eigenvalue weighted by molar-refractivity contribution is 5.96. The zero-order valence-corrected chi connectivity index (χ0v) is 19.6. The molecular weight excluding hydrogens is 471 g/mol. The van der Waals surface area contributed by atoms with Gasteiger partial charge in [0.15, 0.2) is 0 Å². The van der Waals surface area contributed by atoms with Crippen molar-refractivity contribution in [2.75, 3.05) is 5.32 Å². The van der Waals surface area contributed by atoms with Gasteiger partial charge in [-0.1, -0.05) is 19.1 Å². The topological polar surface area (TPSA) is 88.5 Å². The highest BCUT2D eigenvalue weighted by Crippen LogP contribution is 2.29. The Morgan fingerprint density at radius 3 is 2.67 bits per heavy atom. The molecule has 0 fully saturated rings. The standard InChI is InChI=1S/C26H24F3N5O2/c1-3-18-11-19(15-31-18)34-24-12-20(9-10-30-24)36-22-6-4-5-21(16(22)2)25(35)33-14-17-7-8-23(32-13-17)26(27,28)29/h4-13,15,18H,3,14H2,1-2H3,(H,30,34)(H,33,35). The first-order valence-electron chi connectivity index (χ1n) is 11.3. The van der Waals surface area contributed by atoms with E-state index in [4.69, 9.17) is 4.74 Å². The van der Waals surface area contributed by atoms with Crippen LogP contribution in [-0.4, -0.2) is 28.1 Å². The molecule has 1 aliphatic rings. The van der Waals surface area contributed by atoms with Crippen molar-refractivity contribution in [1.29, 1.82) is 0 Å². The van der Waals surface area contributed by atoms with Gasteiger partial charge < -0.3 is 15.4 Å². The summed E-state index contributed by atoms with van der Waals surface area (Å²) in [5.74, 6) is 1.24. The average Bonchev–Trinajstić information content (AvgIpc) is 3.31. The highest BCUT2D eigenvalue weighted by atomic mass is 19.4. The summed E-state index contributed by atoms with van der Waals surface area (Å²) in [5.41, 5.74) is 1.34. The minimum Gasteiger partial charge on any atom is -0.457 e. The number of carbonyl (C=O) groups excluding carboxylic acids is 1. The van der Waals surface area contributed by atoms with Gasteiger partial charge in [-0.25, -0.2) is 4.98 Å². The number of amides is 1. The molecule has 186 valence electrons. The highest BCUT2D eigenvalue weighted by Gasteiger charge is 2.32.